The van der Waals surface area contributed by atoms with Crippen molar-refractivity contribution in [3.63, 3.8) is 0 Å². The number of methoxy groups -OCH3 is 1. The Morgan fingerprint density at radius 3 is 1.55 bits per heavy atom. The maximum atomic E-state index is 11.3. The van der Waals surface area contributed by atoms with Crippen molar-refractivity contribution in [1.29, 1.82) is 0 Å². The average molecular weight is 687 g/mol. The van der Waals surface area contributed by atoms with Crippen molar-refractivity contribution in [2.24, 2.45) is 4.99 Å². The van der Waals surface area contributed by atoms with E-state index in [1.165, 1.54) is 16.9 Å². The minimum atomic E-state index is -1.18. The lowest BCUT2D eigenvalue weighted by Gasteiger charge is -2.18. The summed E-state index contributed by atoms with van der Waals surface area (Å²) < 4.78 is 5.39. The normalized spacial score (nSPS) is 10.8. The predicted octanol–water partition coefficient (Wildman–Crippen LogP) is 3.56. The number of pyridine rings is 3. The Bertz CT molecular complexity index is 1800. The van der Waals surface area contributed by atoms with Crippen LogP contribution in [0.4, 0.5) is 5.69 Å². The molecule has 4 N–H and O–H groups in total. The monoisotopic (exact) mass is 686 g/mol. The molecule has 0 unspecified atom stereocenters. The van der Waals surface area contributed by atoms with Crippen LogP contribution < -0.4 is 4.74 Å². The van der Waals surface area contributed by atoms with E-state index in [9.17, 15) is 39.6 Å². The predicted molar refractivity (Wildman–Crippen MR) is 178 cm³/mol. The van der Waals surface area contributed by atoms with Crippen molar-refractivity contribution in [2.75, 3.05) is 33.3 Å². The summed E-state index contributed by atoms with van der Waals surface area (Å²) in [5, 5.41) is 39.4. The van der Waals surface area contributed by atoms with Crippen LogP contribution in [0.25, 0.3) is 33.9 Å². The second-order valence-corrected chi connectivity index (χ2v) is 10.8. The molecule has 0 aliphatic rings. The van der Waals surface area contributed by atoms with Crippen molar-refractivity contribution in [2.45, 2.75) is 13.1 Å². The number of rotatable bonds is 17. The minimum absolute atomic E-state index is 0.0524. The van der Waals surface area contributed by atoms with E-state index >= 15 is 0 Å². The quantitative estimate of drug-likeness (QED) is 0.0923. The molecule has 49 heavy (non-hydrogen) atoms. The molecule has 0 radical (unpaired) electrons. The van der Waals surface area contributed by atoms with Crippen molar-refractivity contribution in [3.8, 4) is 39.7 Å². The molecule has 0 fully saturated rings. The van der Waals surface area contributed by atoms with Crippen LogP contribution in [0.1, 0.15) is 11.4 Å². The fourth-order valence-corrected chi connectivity index (χ4v) is 5.04. The molecule has 0 aliphatic heterocycles. The van der Waals surface area contributed by atoms with Gasteiger partial charge in [0.05, 0.1) is 72.6 Å². The largest absolute Gasteiger partial charge is 0.494 e. The zero-order valence-corrected chi connectivity index (χ0v) is 26.8. The molecule has 4 rings (SSSR count). The number of aromatic nitrogens is 3. The molecule has 1 aromatic carbocycles. The number of carboxylic acid groups (broad SMARTS) is 4. The highest BCUT2D eigenvalue weighted by atomic mass is 32.1. The van der Waals surface area contributed by atoms with E-state index in [4.69, 9.17) is 21.9 Å². The highest BCUT2D eigenvalue weighted by Crippen LogP contribution is 2.35. The van der Waals surface area contributed by atoms with E-state index in [1.54, 1.807) is 60.7 Å². The summed E-state index contributed by atoms with van der Waals surface area (Å²) in [5.41, 5.74) is 4.23. The summed E-state index contributed by atoms with van der Waals surface area (Å²) in [6.45, 7) is -2.11. The van der Waals surface area contributed by atoms with Crippen LogP contribution in [0.5, 0.6) is 5.75 Å². The number of hydrogen-bond acceptors (Lipinski definition) is 12. The van der Waals surface area contributed by atoms with Gasteiger partial charge in [-0.05, 0) is 71.9 Å². The van der Waals surface area contributed by atoms with Crippen molar-refractivity contribution in [1.82, 2.24) is 24.8 Å². The topological polar surface area (TPSA) is 216 Å². The molecule has 0 aliphatic carbocycles. The first kappa shape index (κ1) is 35.9. The Balaban J connectivity index is 1.82. The maximum absolute atomic E-state index is 11.3. The van der Waals surface area contributed by atoms with Crippen LogP contribution in [-0.4, -0.2) is 108 Å². The Labute approximate surface area is 284 Å². The van der Waals surface area contributed by atoms with Gasteiger partial charge < -0.3 is 25.2 Å². The van der Waals surface area contributed by atoms with E-state index in [0.29, 0.717) is 56.7 Å². The third-order valence-electron chi connectivity index (χ3n) is 6.85. The van der Waals surface area contributed by atoms with Crippen LogP contribution in [0.15, 0.2) is 71.7 Å². The number of ether oxygens (including phenoxy) is 1. The van der Waals surface area contributed by atoms with Crippen LogP contribution in [0.3, 0.4) is 0 Å². The van der Waals surface area contributed by atoms with Gasteiger partial charge in [-0.3, -0.25) is 29.0 Å². The SMILES string of the molecule is COc1ccc(-c2cc(-c3cccc(CN(CC(=O)O)CC(=O)O)n3)nc(-c3cccc(CN(CC(=O)O)CC(=O)O)n3)c2)cc1N=C=S. The number of aliphatic imine (C=N–C) groups is 1. The second-order valence-electron chi connectivity index (χ2n) is 10.6. The number of carbonyl (C=O) groups is 4. The summed E-state index contributed by atoms with van der Waals surface area (Å²) in [4.78, 5) is 66.1. The van der Waals surface area contributed by atoms with Crippen molar-refractivity contribution in [3.05, 3.63) is 78.1 Å². The number of isothiocyanates is 1. The standard InChI is InChI=1S/C33H30N6O9S/c1-48-29-9-8-20(10-28(29)34-19-49)21-11-26(24-6-2-4-22(35-24)13-38(15-30(40)41)16-31(42)43)37-27(12-21)25-7-3-5-23(36-25)14-39(17-32(44)45)18-33(46)47/h2-12H,13-18H2,1H3,(H,40,41)(H,42,43)(H,44,45)(H,46,47). The highest BCUT2D eigenvalue weighted by molar-refractivity contribution is 7.78. The summed E-state index contributed by atoms with van der Waals surface area (Å²) >= 11 is 4.81. The summed E-state index contributed by atoms with van der Waals surface area (Å²) in [7, 11) is 1.50. The van der Waals surface area contributed by atoms with Gasteiger partial charge in [0.1, 0.15) is 11.4 Å². The maximum Gasteiger partial charge on any atom is 0.317 e. The molecule has 0 saturated heterocycles. The Morgan fingerprint density at radius 1 is 0.673 bits per heavy atom. The smallest absolute Gasteiger partial charge is 0.317 e. The number of thiocarbonyl (C=S) groups is 1. The van der Waals surface area contributed by atoms with Gasteiger partial charge in [0.25, 0.3) is 0 Å². The van der Waals surface area contributed by atoms with Gasteiger partial charge in [0.2, 0.25) is 0 Å². The van der Waals surface area contributed by atoms with E-state index in [-0.39, 0.29) is 13.1 Å². The molecule has 0 saturated carbocycles. The minimum Gasteiger partial charge on any atom is -0.494 e. The highest BCUT2D eigenvalue weighted by Gasteiger charge is 2.18. The van der Waals surface area contributed by atoms with E-state index in [2.05, 4.69) is 20.1 Å². The third kappa shape index (κ3) is 10.5. The fraction of sp³-hybridized carbons (Fsp3) is 0.212. The lowest BCUT2D eigenvalue weighted by Crippen LogP contribution is -2.34. The van der Waals surface area contributed by atoms with Crippen molar-refractivity contribution >= 4 is 46.9 Å². The second kappa shape index (κ2) is 16.8. The molecule has 0 atom stereocenters. The van der Waals surface area contributed by atoms with Crippen LogP contribution >= 0.6 is 12.2 Å². The number of aliphatic carboxylic acids is 4. The Hall–Kier alpha value is -5.93. The molecule has 0 amide bonds. The Kier molecular flexibility index (Phi) is 12.3. The van der Waals surface area contributed by atoms with E-state index in [0.717, 1.165) is 0 Å². The molecule has 16 heteroatoms. The zero-order valence-electron chi connectivity index (χ0n) is 26.0. The molecule has 0 spiro atoms. The summed E-state index contributed by atoms with van der Waals surface area (Å²) in [6, 6.07) is 18.9. The number of nitrogens with zero attached hydrogens (tertiary/aromatic N) is 6. The number of hydrogen-bond donors (Lipinski definition) is 4. The molecular formula is C33H30N6O9S. The van der Waals surface area contributed by atoms with Crippen LogP contribution in [0, 0.1) is 0 Å². The first-order valence-electron chi connectivity index (χ1n) is 14.5. The van der Waals surface area contributed by atoms with Gasteiger partial charge in [0.15, 0.2) is 0 Å². The lowest BCUT2D eigenvalue weighted by atomic mass is 10.0. The molecule has 3 aromatic heterocycles. The molecule has 4 aromatic rings. The number of carboxylic acids is 4. The Morgan fingerprint density at radius 2 is 1.14 bits per heavy atom. The van der Waals surface area contributed by atoms with Crippen LogP contribution in [0.2, 0.25) is 0 Å². The molecule has 0 bridgehead atoms. The van der Waals surface area contributed by atoms with Gasteiger partial charge in [-0.2, -0.15) is 4.99 Å². The first-order valence-corrected chi connectivity index (χ1v) is 14.9. The third-order valence-corrected chi connectivity index (χ3v) is 6.94. The van der Waals surface area contributed by atoms with Crippen molar-refractivity contribution < 1.29 is 44.3 Å². The number of benzene rings is 1. The van der Waals surface area contributed by atoms with Gasteiger partial charge in [-0.15, -0.1) is 0 Å². The summed E-state index contributed by atoms with van der Waals surface area (Å²) in [5.74, 6) is -4.26. The fourth-order valence-electron chi connectivity index (χ4n) is 4.95. The molecule has 252 valence electrons. The molecule has 15 nitrogen and oxygen atoms in total. The van der Waals surface area contributed by atoms with Gasteiger partial charge >= 0.3 is 23.9 Å². The van der Waals surface area contributed by atoms with Gasteiger partial charge in [-0.1, -0.05) is 18.2 Å². The molecular weight excluding hydrogens is 656 g/mol. The van der Waals surface area contributed by atoms with Gasteiger partial charge in [0, 0.05) is 13.1 Å². The van der Waals surface area contributed by atoms with Gasteiger partial charge in [-0.25, -0.2) is 15.0 Å². The first-order chi connectivity index (χ1) is 23.4. The van der Waals surface area contributed by atoms with Crippen LogP contribution in [-0.2, 0) is 32.3 Å². The average Bonchev–Trinajstić information content (AvgIpc) is 3.03. The molecule has 3 heterocycles. The zero-order chi connectivity index (χ0) is 35.5. The van der Waals surface area contributed by atoms with E-state index < -0.39 is 50.1 Å². The van der Waals surface area contributed by atoms with E-state index in [1.807, 2.05) is 6.07 Å². The lowest BCUT2D eigenvalue weighted by molar-refractivity contribution is -0.144. The summed E-state index contributed by atoms with van der Waals surface area (Å²) in [6.07, 6.45) is 0.